The first-order valence-corrected chi connectivity index (χ1v) is 9.64. The van der Waals surface area contributed by atoms with Gasteiger partial charge in [-0.05, 0) is 56.7 Å². The van der Waals surface area contributed by atoms with Gasteiger partial charge in [-0.3, -0.25) is 4.90 Å². The fourth-order valence-electron chi connectivity index (χ4n) is 4.18. The van der Waals surface area contributed by atoms with E-state index in [1.54, 1.807) is 0 Å². The average molecular weight is 329 g/mol. The molecule has 0 aliphatic carbocycles. The minimum atomic E-state index is 0.258. The van der Waals surface area contributed by atoms with E-state index in [2.05, 4.69) is 75.6 Å². The molecule has 0 radical (unpaired) electrons. The van der Waals surface area contributed by atoms with Crippen molar-refractivity contribution in [3.05, 3.63) is 35.4 Å². The summed E-state index contributed by atoms with van der Waals surface area (Å²) < 4.78 is 0. The van der Waals surface area contributed by atoms with Crippen molar-refractivity contribution in [2.75, 3.05) is 32.7 Å². The Morgan fingerprint density at radius 3 is 1.96 bits per heavy atom. The fourth-order valence-corrected chi connectivity index (χ4v) is 4.18. The second-order valence-electron chi connectivity index (χ2n) is 10.3. The highest BCUT2D eigenvalue weighted by Crippen LogP contribution is 2.42. The molecule has 1 aromatic carbocycles. The summed E-state index contributed by atoms with van der Waals surface area (Å²) in [6, 6.07) is 9.27. The largest absolute Gasteiger partial charge is 0.302 e. The smallest absolute Gasteiger partial charge is 0.0212 e. The first kappa shape index (κ1) is 17.9. The minimum absolute atomic E-state index is 0.258. The zero-order chi connectivity index (χ0) is 17.6. The van der Waals surface area contributed by atoms with Gasteiger partial charge in [0.2, 0.25) is 0 Å². The van der Waals surface area contributed by atoms with E-state index in [-0.39, 0.29) is 5.41 Å². The molecular weight excluding hydrogens is 292 g/mol. The highest BCUT2D eigenvalue weighted by molar-refractivity contribution is 5.27. The SMILES string of the molecule is CC(C)(C)c1ccc(CCCN2CC3(C2)CN(C(C)(C)C)C3)cc1. The monoisotopic (exact) mass is 328 g/mol. The number of benzene rings is 1. The number of aryl methyl sites for hydroxylation is 1. The van der Waals surface area contributed by atoms with Gasteiger partial charge in [0, 0.05) is 37.1 Å². The topological polar surface area (TPSA) is 6.48 Å². The van der Waals surface area contributed by atoms with Crippen LogP contribution in [-0.4, -0.2) is 48.1 Å². The maximum absolute atomic E-state index is 2.66. The van der Waals surface area contributed by atoms with Gasteiger partial charge in [-0.1, -0.05) is 45.0 Å². The molecule has 2 heterocycles. The van der Waals surface area contributed by atoms with Crippen LogP contribution in [0.1, 0.15) is 59.1 Å². The van der Waals surface area contributed by atoms with Crippen molar-refractivity contribution in [1.29, 1.82) is 0 Å². The molecule has 2 nitrogen and oxygen atoms in total. The minimum Gasteiger partial charge on any atom is -0.302 e. The summed E-state index contributed by atoms with van der Waals surface area (Å²) in [5, 5.41) is 0. The molecule has 0 N–H and O–H groups in total. The van der Waals surface area contributed by atoms with E-state index < -0.39 is 0 Å². The van der Waals surface area contributed by atoms with Gasteiger partial charge in [-0.15, -0.1) is 0 Å². The number of hydrogen-bond acceptors (Lipinski definition) is 2. The van der Waals surface area contributed by atoms with Crippen LogP contribution in [0.2, 0.25) is 0 Å². The van der Waals surface area contributed by atoms with E-state index in [4.69, 9.17) is 0 Å². The molecule has 1 aromatic rings. The molecule has 2 fully saturated rings. The lowest BCUT2D eigenvalue weighted by atomic mass is 9.71. The van der Waals surface area contributed by atoms with Crippen molar-refractivity contribution in [1.82, 2.24) is 9.80 Å². The van der Waals surface area contributed by atoms with Gasteiger partial charge in [0.15, 0.2) is 0 Å². The maximum Gasteiger partial charge on any atom is 0.0212 e. The highest BCUT2D eigenvalue weighted by atomic mass is 15.3. The molecule has 1 spiro atoms. The van der Waals surface area contributed by atoms with Crippen LogP contribution in [0.25, 0.3) is 0 Å². The molecule has 2 aliphatic heterocycles. The van der Waals surface area contributed by atoms with Crippen LogP contribution in [0.5, 0.6) is 0 Å². The van der Waals surface area contributed by atoms with Crippen LogP contribution in [0.15, 0.2) is 24.3 Å². The van der Waals surface area contributed by atoms with Gasteiger partial charge in [0.25, 0.3) is 0 Å². The van der Waals surface area contributed by atoms with Gasteiger partial charge in [-0.2, -0.15) is 0 Å². The first-order chi connectivity index (χ1) is 11.1. The molecule has 0 bridgehead atoms. The predicted octanol–water partition coefficient (Wildman–Crippen LogP) is 4.33. The summed E-state index contributed by atoms with van der Waals surface area (Å²) in [6.45, 7) is 20.4. The van der Waals surface area contributed by atoms with E-state index in [0.717, 1.165) is 0 Å². The molecule has 0 unspecified atom stereocenters. The molecule has 24 heavy (non-hydrogen) atoms. The van der Waals surface area contributed by atoms with E-state index in [9.17, 15) is 0 Å². The van der Waals surface area contributed by atoms with E-state index >= 15 is 0 Å². The summed E-state index contributed by atoms with van der Waals surface area (Å²) >= 11 is 0. The van der Waals surface area contributed by atoms with Crippen LogP contribution in [-0.2, 0) is 11.8 Å². The lowest BCUT2D eigenvalue weighted by Crippen LogP contribution is -2.74. The summed E-state index contributed by atoms with van der Waals surface area (Å²) in [5.41, 5.74) is 4.17. The number of hydrogen-bond donors (Lipinski definition) is 0. The van der Waals surface area contributed by atoms with Crippen LogP contribution in [0, 0.1) is 5.41 Å². The number of nitrogens with zero attached hydrogens (tertiary/aromatic N) is 2. The molecular formula is C22H36N2. The quantitative estimate of drug-likeness (QED) is 0.811. The van der Waals surface area contributed by atoms with Crippen LogP contribution in [0.3, 0.4) is 0 Å². The Morgan fingerprint density at radius 1 is 0.875 bits per heavy atom. The standard InChI is InChI=1S/C22H36N2/c1-20(2,3)19-11-9-18(10-12-19)8-7-13-23-14-22(15-23)16-24(17-22)21(4,5)6/h9-12H,7-8,13-17H2,1-6H3. The molecule has 2 saturated heterocycles. The zero-order valence-electron chi connectivity index (χ0n) is 16.7. The van der Waals surface area contributed by atoms with Gasteiger partial charge in [0.05, 0.1) is 0 Å². The maximum atomic E-state index is 2.66. The van der Waals surface area contributed by atoms with E-state index in [1.165, 1.54) is 56.7 Å². The van der Waals surface area contributed by atoms with Crippen LogP contribution < -0.4 is 0 Å². The van der Waals surface area contributed by atoms with E-state index in [1.807, 2.05) is 0 Å². The average Bonchev–Trinajstić information content (AvgIpc) is 2.37. The summed E-state index contributed by atoms with van der Waals surface area (Å²) in [4.78, 5) is 5.28. The predicted molar refractivity (Wildman–Crippen MR) is 104 cm³/mol. The lowest BCUT2D eigenvalue weighted by molar-refractivity contribution is -0.144. The molecule has 0 saturated carbocycles. The Kier molecular flexibility index (Phi) is 4.59. The summed E-state index contributed by atoms with van der Waals surface area (Å²) in [7, 11) is 0. The van der Waals surface area contributed by atoms with Gasteiger partial charge < -0.3 is 4.90 Å². The van der Waals surface area contributed by atoms with Crippen LogP contribution in [0.4, 0.5) is 0 Å². The molecule has 134 valence electrons. The van der Waals surface area contributed by atoms with Crippen LogP contribution >= 0.6 is 0 Å². The Labute approximate surface area is 149 Å². The Hall–Kier alpha value is -0.860. The lowest BCUT2D eigenvalue weighted by Gasteiger charge is -2.63. The molecule has 0 amide bonds. The van der Waals surface area contributed by atoms with E-state index in [0.29, 0.717) is 11.0 Å². The third kappa shape index (κ3) is 3.86. The van der Waals surface area contributed by atoms with Crippen molar-refractivity contribution in [3.8, 4) is 0 Å². The first-order valence-electron chi connectivity index (χ1n) is 9.64. The second kappa shape index (κ2) is 6.14. The Bertz CT molecular complexity index is 545. The molecule has 2 aliphatic rings. The fraction of sp³-hybridized carbons (Fsp3) is 0.727. The van der Waals surface area contributed by atoms with Crippen molar-refractivity contribution < 1.29 is 0 Å². The third-order valence-electron chi connectivity index (χ3n) is 5.88. The third-order valence-corrected chi connectivity index (χ3v) is 5.88. The van der Waals surface area contributed by atoms with Gasteiger partial charge in [-0.25, -0.2) is 0 Å². The van der Waals surface area contributed by atoms with Gasteiger partial charge >= 0.3 is 0 Å². The van der Waals surface area contributed by atoms with Crippen molar-refractivity contribution in [3.63, 3.8) is 0 Å². The molecule has 2 heteroatoms. The summed E-state index contributed by atoms with van der Waals surface area (Å²) in [6.07, 6.45) is 2.50. The summed E-state index contributed by atoms with van der Waals surface area (Å²) in [5.74, 6) is 0. The Balaban J connectivity index is 1.36. The van der Waals surface area contributed by atoms with Gasteiger partial charge in [0.1, 0.15) is 0 Å². The second-order valence-corrected chi connectivity index (χ2v) is 10.3. The number of rotatable bonds is 4. The normalized spacial score (nSPS) is 21.6. The van der Waals surface area contributed by atoms with Crippen molar-refractivity contribution >= 4 is 0 Å². The van der Waals surface area contributed by atoms with Crippen molar-refractivity contribution in [2.24, 2.45) is 5.41 Å². The molecule has 0 aromatic heterocycles. The van der Waals surface area contributed by atoms with Crippen molar-refractivity contribution in [2.45, 2.75) is 65.3 Å². The highest BCUT2D eigenvalue weighted by Gasteiger charge is 2.53. The number of likely N-dealkylation sites (tertiary alicyclic amines) is 2. The molecule has 3 rings (SSSR count). The molecule has 0 atom stereocenters. The Morgan fingerprint density at radius 2 is 1.46 bits per heavy atom. The zero-order valence-corrected chi connectivity index (χ0v) is 16.7.